The number of sulfonamides is 1. The molecule has 3 amide bonds. The van der Waals surface area contributed by atoms with Crippen molar-refractivity contribution in [2.45, 2.75) is 31.2 Å². The number of ether oxygens (including phenoxy) is 1. The third-order valence-electron chi connectivity index (χ3n) is 5.36. The number of nitrogens with one attached hydrogen (secondary N) is 2. The van der Waals surface area contributed by atoms with Crippen LogP contribution in [0.5, 0.6) is 5.75 Å². The number of urea groups is 1. The second-order valence-corrected chi connectivity index (χ2v) is 9.56. The first-order valence-electron chi connectivity index (χ1n) is 11.1. The van der Waals surface area contributed by atoms with Gasteiger partial charge >= 0.3 is 6.03 Å². The topological polar surface area (TPSA) is 105 Å². The Labute approximate surface area is 206 Å². The Morgan fingerprint density at radius 2 is 1.57 bits per heavy atom. The Morgan fingerprint density at radius 3 is 2.20 bits per heavy atom. The number of benzene rings is 3. The number of carbonyl (C=O) groups excluding carboxylic acids is 2. The van der Waals surface area contributed by atoms with Gasteiger partial charge in [-0.25, -0.2) is 17.9 Å². The molecule has 2 N–H and O–H groups in total. The number of nitrogens with zero attached hydrogens (tertiary/aromatic N) is 1. The summed E-state index contributed by atoms with van der Waals surface area (Å²) < 4.78 is 32.9. The maximum Gasteiger partial charge on any atom is 0.329 e. The molecule has 0 unspecified atom stereocenters. The van der Waals surface area contributed by atoms with Crippen LogP contribution in [0.2, 0.25) is 0 Å². The van der Waals surface area contributed by atoms with Crippen molar-refractivity contribution in [3.8, 4) is 5.75 Å². The van der Waals surface area contributed by atoms with E-state index in [2.05, 4.69) is 5.32 Å². The lowest BCUT2D eigenvalue weighted by Gasteiger charge is -2.25. The summed E-state index contributed by atoms with van der Waals surface area (Å²) in [4.78, 5) is 27.5. The molecule has 0 fully saturated rings. The van der Waals surface area contributed by atoms with Crippen LogP contribution in [0.1, 0.15) is 18.1 Å². The number of likely N-dealkylation sites (N-methyl/N-ethyl adjacent to an activating group) is 1. The normalized spacial score (nSPS) is 11.9. The van der Waals surface area contributed by atoms with Gasteiger partial charge in [-0.15, -0.1) is 0 Å². The highest BCUT2D eigenvalue weighted by atomic mass is 32.2. The Bertz CT molecular complexity index is 1260. The molecule has 0 heterocycles. The van der Waals surface area contributed by atoms with E-state index in [1.807, 2.05) is 42.0 Å². The van der Waals surface area contributed by atoms with E-state index in [0.717, 1.165) is 5.56 Å². The molecule has 35 heavy (non-hydrogen) atoms. The van der Waals surface area contributed by atoms with E-state index < -0.39 is 28.0 Å². The molecule has 0 saturated carbocycles. The van der Waals surface area contributed by atoms with Crippen LogP contribution in [0.15, 0.2) is 83.8 Å². The van der Waals surface area contributed by atoms with E-state index >= 15 is 0 Å². The van der Waals surface area contributed by atoms with Crippen molar-refractivity contribution < 1.29 is 22.7 Å². The van der Waals surface area contributed by atoms with E-state index in [0.29, 0.717) is 23.6 Å². The molecule has 0 aliphatic rings. The largest absolute Gasteiger partial charge is 0.494 e. The quantitative estimate of drug-likeness (QED) is 0.472. The fourth-order valence-corrected chi connectivity index (χ4v) is 4.73. The molecule has 0 saturated heterocycles. The molecule has 3 aromatic rings. The number of rotatable bonds is 9. The van der Waals surface area contributed by atoms with Crippen LogP contribution in [0.4, 0.5) is 10.5 Å². The molecule has 184 valence electrons. The van der Waals surface area contributed by atoms with Crippen LogP contribution in [-0.2, 0) is 21.2 Å². The van der Waals surface area contributed by atoms with Gasteiger partial charge in [-0.2, -0.15) is 0 Å². The number of hydrogen-bond acceptors (Lipinski definition) is 5. The average Bonchev–Trinajstić information content (AvgIpc) is 2.84. The predicted molar refractivity (Wildman–Crippen MR) is 135 cm³/mol. The summed E-state index contributed by atoms with van der Waals surface area (Å²) in [6, 6.07) is 20.5. The molecule has 0 bridgehead atoms. The first-order valence-corrected chi connectivity index (χ1v) is 12.6. The molecule has 0 aliphatic carbocycles. The zero-order chi connectivity index (χ0) is 25.4. The van der Waals surface area contributed by atoms with Gasteiger partial charge < -0.3 is 15.0 Å². The monoisotopic (exact) mass is 495 g/mol. The minimum Gasteiger partial charge on any atom is -0.494 e. The second kappa shape index (κ2) is 11.5. The SMILES string of the molecule is CCOc1ccc(N(C)C(=O)[C@H](Cc2ccccc2)NC(=O)NS(=O)(=O)c2ccccc2C)cc1. The van der Waals surface area contributed by atoms with Crippen molar-refractivity contribution in [1.82, 2.24) is 10.0 Å². The summed E-state index contributed by atoms with van der Waals surface area (Å²) in [6.07, 6.45) is 0.179. The molecular weight excluding hydrogens is 466 g/mol. The standard InChI is InChI=1S/C26H29N3O5S/c1-4-34-22-16-14-21(15-17-22)29(3)25(30)23(18-20-11-6-5-7-12-20)27-26(31)28-35(32,33)24-13-9-8-10-19(24)2/h5-17,23H,4,18H2,1-3H3,(H2,27,28,31)/t23-/m0/s1. The highest BCUT2D eigenvalue weighted by Crippen LogP contribution is 2.20. The molecule has 0 spiro atoms. The van der Waals surface area contributed by atoms with E-state index in [1.165, 1.54) is 11.0 Å². The van der Waals surface area contributed by atoms with Crippen molar-refractivity contribution in [2.75, 3.05) is 18.6 Å². The van der Waals surface area contributed by atoms with Gasteiger partial charge in [0.15, 0.2) is 0 Å². The smallest absolute Gasteiger partial charge is 0.329 e. The third kappa shape index (κ3) is 6.83. The summed E-state index contributed by atoms with van der Waals surface area (Å²) in [5, 5.41) is 2.55. The van der Waals surface area contributed by atoms with Gasteiger partial charge in [0.1, 0.15) is 11.8 Å². The van der Waals surface area contributed by atoms with Gasteiger partial charge in [0.05, 0.1) is 11.5 Å². The second-order valence-electron chi connectivity index (χ2n) is 7.91. The molecule has 3 rings (SSSR count). The number of carbonyl (C=O) groups is 2. The zero-order valence-corrected chi connectivity index (χ0v) is 20.7. The van der Waals surface area contributed by atoms with Gasteiger partial charge in [0.25, 0.3) is 10.0 Å². The predicted octanol–water partition coefficient (Wildman–Crippen LogP) is 3.66. The molecule has 1 atom stereocenters. The van der Waals surface area contributed by atoms with Crippen molar-refractivity contribution in [3.05, 3.63) is 90.0 Å². The lowest BCUT2D eigenvalue weighted by molar-refractivity contribution is -0.120. The fraction of sp³-hybridized carbons (Fsp3) is 0.231. The lowest BCUT2D eigenvalue weighted by Crippen LogP contribution is -2.52. The Hall–Kier alpha value is -3.85. The first-order chi connectivity index (χ1) is 16.7. The van der Waals surface area contributed by atoms with Crippen LogP contribution in [-0.4, -0.2) is 40.1 Å². The number of hydrogen-bond donors (Lipinski definition) is 2. The molecule has 3 aromatic carbocycles. The number of aryl methyl sites for hydroxylation is 1. The van der Waals surface area contributed by atoms with Crippen molar-refractivity contribution >= 4 is 27.6 Å². The molecular formula is C26H29N3O5S. The molecule has 8 nitrogen and oxygen atoms in total. The fourth-order valence-electron chi connectivity index (χ4n) is 3.57. The maximum absolute atomic E-state index is 13.4. The third-order valence-corrected chi connectivity index (χ3v) is 6.85. The van der Waals surface area contributed by atoms with Crippen LogP contribution >= 0.6 is 0 Å². The first kappa shape index (κ1) is 25.8. The summed E-state index contributed by atoms with van der Waals surface area (Å²) in [5.41, 5.74) is 1.92. The van der Waals surface area contributed by atoms with Crippen molar-refractivity contribution in [3.63, 3.8) is 0 Å². The van der Waals surface area contributed by atoms with Crippen LogP contribution in [0.25, 0.3) is 0 Å². The van der Waals surface area contributed by atoms with E-state index in [4.69, 9.17) is 4.74 Å². The van der Waals surface area contributed by atoms with Gasteiger partial charge in [-0.1, -0.05) is 48.5 Å². The van der Waals surface area contributed by atoms with Crippen LogP contribution in [0.3, 0.4) is 0 Å². The number of amides is 3. The van der Waals surface area contributed by atoms with Crippen molar-refractivity contribution in [2.24, 2.45) is 0 Å². The highest BCUT2D eigenvalue weighted by Gasteiger charge is 2.27. The Morgan fingerprint density at radius 1 is 0.943 bits per heavy atom. The number of anilines is 1. The minimum absolute atomic E-state index is 0.00686. The van der Waals surface area contributed by atoms with Gasteiger partial charge in [-0.05, 0) is 55.3 Å². The van der Waals surface area contributed by atoms with E-state index in [9.17, 15) is 18.0 Å². The van der Waals surface area contributed by atoms with E-state index in [-0.39, 0.29) is 11.3 Å². The summed E-state index contributed by atoms with van der Waals surface area (Å²) in [7, 11) is -2.52. The summed E-state index contributed by atoms with van der Waals surface area (Å²) in [6.45, 7) is 4.05. The molecule has 0 aliphatic heterocycles. The maximum atomic E-state index is 13.4. The minimum atomic E-state index is -4.12. The Kier molecular flexibility index (Phi) is 8.48. The molecule has 0 aromatic heterocycles. The van der Waals surface area contributed by atoms with Crippen LogP contribution < -0.4 is 19.7 Å². The van der Waals surface area contributed by atoms with Gasteiger partial charge in [0.2, 0.25) is 5.91 Å². The highest BCUT2D eigenvalue weighted by molar-refractivity contribution is 7.90. The summed E-state index contributed by atoms with van der Waals surface area (Å²) in [5.74, 6) is 0.276. The van der Waals surface area contributed by atoms with Crippen molar-refractivity contribution in [1.29, 1.82) is 0 Å². The van der Waals surface area contributed by atoms with Gasteiger partial charge in [0, 0.05) is 19.2 Å². The molecule has 9 heteroatoms. The summed E-state index contributed by atoms with van der Waals surface area (Å²) >= 11 is 0. The lowest BCUT2D eigenvalue weighted by atomic mass is 10.0. The molecule has 0 radical (unpaired) electrons. The average molecular weight is 496 g/mol. The zero-order valence-electron chi connectivity index (χ0n) is 19.9. The Balaban J connectivity index is 1.80. The van der Waals surface area contributed by atoms with Gasteiger partial charge in [-0.3, -0.25) is 4.79 Å². The van der Waals surface area contributed by atoms with E-state index in [1.54, 1.807) is 56.4 Å². The van der Waals surface area contributed by atoms with Crippen LogP contribution in [0, 0.1) is 6.92 Å².